The number of hydrogen-bond acceptors (Lipinski definition) is 6. The number of terminal acetylenes is 1. The maximum absolute atomic E-state index is 13.5. The van der Waals surface area contributed by atoms with Crippen LogP contribution < -0.4 is 15.4 Å². The van der Waals surface area contributed by atoms with Gasteiger partial charge in [0.25, 0.3) is 5.91 Å². The number of carbonyl (C=O) groups excluding carboxylic acids is 2. The molecule has 2 aliphatic rings. The first-order valence-electron chi connectivity index (χ1n) is 15.6. The van der Waals surface area contributed by atoms with Gasteiger partial charge in [0.05, 0.1) is 17.0 Å². The molecule has 0 aromatic heterocycles. The summed E-state index contributed by atoms with van der Waals surface area (Å²) in [6.07, 6.45) is 13.5. The van der Waals surface area contributed by atoms with E-state index in [4.69, 9.17) is 5.11 Å². The lowest BCUT2D eigenvalue weighted by molar-refractivity contribution is -0.139. The van der Waals surface area contributed by atoms with Crippen LogP contribution >= 0.6 is 0 Å². The molecule has 246 valence electrons. The van der Waals surface area contributed by atoms with Crippen LogP contribution in [0.5, 0.6) is 0 Å². The Morgan fingerprint density at radius 2 is 1.73 bits per heavy atom. The summed E-state index contributed by atoms with van der Waals surface area (Å²) in [7, 11) is -3.43. The average Bonchev–Trinajstić information content (AvgIpc) is 3.13. The SMILES string of the molecule is C#C.CCCCS(=O)(=O)NC(CC)C(=O)O.Cc1ccc2c(c1)C(=O)N(Cc1ccccc1)C(CCC1CCNCC1)C(=O)N2. The highest BCUT2D eigenvalue weighted by molar-refractivity contribution is 7.89. The van der Waals surface area contributed by atoms with Crippen LogP contribution in [0.3, 0.4) is 0 Å². The molecular weight excluding hydrogens is 592 g/mol. The van der Waals surface area contributed by atoms with Crippen molar-refractivity contribution in [1.82, 2.24) is 14.9 Å². The number of anilines is 1. The number of carboxylic acid groups (broad SMARTS) is 1. The maximum atomic E-state index is 13.5. The molecule has 2 aromatic carbocycles. The van der Waals surface area contributed by atoms with Crippen LogP contribution in [0, 0.1) is 25.7 Å². The summed E-state index contributed by atoms with van der Waals surface area (Å²) in [5.41, 5.74) is 3.25. The normalized spacial score (nSPS) is 17.4. The molecule has 2 aromatic rings. The van der Waals surface area contributed by atoms with E-state index < -0.39 is 28.1 Å². The maximum Gasteiger partial charge on any atom is 0.321 e. The lowest BCUT2D eigenvalue weighted by Crippen LogP contribution is -2.45. The van der Waals surface area contributed by atoms with Gasteiger partial charge in [0.2, 0.25) is 15.9 Å². The number of carboxylic acids is 1. The molecule has 2 unspecified atom stereocenters. The number of sulfonamides is 1. The molecule has 0 bridgehead atoms. The Labute approximate surface area is 268 Å². The van der Waals surface area contributed by atoms with Crippen molar-refractivity contribution >= 4 is 33.5 Å². The third-order valence-electron chi connectivity index (χ3n) is 7.90. The minimum Gasteiger partial charge on any atom is -0.480 e. The Morgan fingerprint density at radius 1 is 1.07 bits per heavy atom. The van der Waals surface area contributed by atoms with Gasteiger partial charge in [0.1, 0.15) is 12.1 Å². The van der Waals surface area contributed by atoms with Crippen molar-refractivity contribution in [3.8, 4) is 12.8 Å². The highest BCUT2D eigenvalue weighted by Gasteiger charge is 2.35. The lowest BCUT2D eigenvalue weighted by atomic mass is 9.91. The van der Waals surface area contributed by atoms with E-state index in [9.17, 15) is 22.8 Å². The highest BCUT2D eigenvalue weighted by atomic mass is 32.2. The quantitative estimate of drug-likeness (QED) is 0.249. The smallest absolute Gasteiger partial charge is 0.321 e. The van der Waals surface area contributed by atoms with Gasteiger partial charge < -0.3 is 20.6 Å². The highest BCUT2D eigenvalue weighted by Crippen LogP contribution is 2.29. The van der Waals surface area contributed by atoms with E-state index in [2.05, 4.69) is 28.2 Å². The van der Waals surface area contributed by atoms with Crippen LogP contribution in [-0.2, 0) is 26.2 Å². The topological polar surface area (TPSA) is 145 Å². The fraction of sp³-hybridized carbons (Fsp3) is 0.500. The number of carbonyl (C=O) groups is 3. The Kier molecular flexibility index (Phi) is 15.8. The molecular formula is C34H48N4O6S. The van der Waals surface area contributed by atoms with Crippen molar-refractivity contribution < 1.29 is 27.9 Å². The number of piperidine rings is 1. The number of unbranched alkanes of at least 4 members (excludes halogenated alkanes) is 1. The number of aliphatic carboxylic acids is 1. The standard InChI is InChI=1S/C24H29N3O2.C8H17NO4S.C2H2/c1-17-7-9-21-20(15-17)24(29)27(16-19-5-3-2-4-6-19)22(23(28)26-21)10-8-18-11-13-25-14-12-18;1-3-5-6-14(12,13)9-7(4-2)8(10)11;1-2/h2-7,9,15,18,22,25H,8,10-14,16H2,1H3,(H,26,28);7,9H,3-6H2,1-2H3,(H,10,11);1-2H. The minimum atomic E-state index is -3.43. The lowest BCUT2D eigenvalue weighted by Gasteiger charge is -2.31. The average molecular weight is 641 g/mol. The molecule has 0 saturated carbocycles. The van der Waals surface area contributed by atoms with Gasteiger partial charge in [0, 0.05) is 6.54 Å². The van der Waals surface area contributed by atoms with Gasteiger partial charge in [-0.1, -0.05) is 62.2 Å². The minimum absolute atomic E-state index is 0.00667. The van der Waals surface area contributed by atoms with Gasteiger partial charge in [-0.25, -0.2) is 13.1 Å². The predicted octanol–water partition coefficient (Wildman–Crippen LogP) is 4.56. The Hall–Kier alpha value is -3.72. The molecule has 1 fully saturated rings. The zero-order valence-corrected chi connectivity index (χ0v) is 27.4. The fourth-order valence-electron chi connectivity index (χ4n) is 5.33. The third-order valence-corrected chi connectivity index (χ3v) is 9.37. The van der Waals surface area contributed by atoms with E-state index in [1.54, 1.807) is 11.8 Å². The summed E-state index contributed by atoms with van der Waals surface area (Å²) in [4.78, 5) is 39.0. The van der Waals surface area contributed by atoms with Crippen LogP contribution in [0.2, 0.25) is 0 Å². The molecule has 2 atom stereocenters. The first kappa shape index (κ1) is 37.5. The van der Waals surface area contributed by atoms with E-state index in [1.165, 1.54) is 0 Å². The van der Waals surface area contributed by atoms with E-state index in [-0.39, 0.29) is 24.0 Å². The van der Waals surface area contributed by atoms with Crippen molar-refractivity contribution in [3.05, 3.63) is 65.2 Å². The number of hydrogen-bond donors (Lipinski definition) is 4. The fourth-order valence-corrected chi connectivity index (χ4v) is 6.82. The molecule has 4 rings (SSSR count). The number of fused-ring (bicyclic) bond motifs is 1. The summed E-state index contributed by atoms with van der Waals surface area (Å²) >= 11 is 0. The summed E-state index contributed by atoms with van der Waals surface area (Å²) in [6, 6.07) is 14.1. The van der Waals surface area contributed by atoms with Gasteiger partial charge in [0.15, 0.2) is 0 Å². The van der Waals surface area contributed by atoms with Gasteiger partial charge in [-0.05, 0) is 82.2 Å². The number of rotatable bonds is 12. The van der Waals surface area contributed by atoms with Crippen LogP contribution in [-0.4, -0.2) is 67.1 Å². The first-order chi connectivity index (χ1) is 21.5. The Morgan fingerprint density at radius 3 is 2.33 bits per heavy atom. The zero-order valence-electron chi connectivity index (χ0n) is 26.6. The molecule has 0 spiro atoms. The number of amides is 2. The molecule has 10 nitrogen and oxygen atoms in total. The van der Waals surface area contributed by atoms with Crippen LogP contribution in [0.1, 0.15) is 80.3 Å². The second-order valence-corrected chi connectivity index (χ2v) is 13.2. The van der Waals surface area contributed by atoms with E-state index in [0.29, 0.717) is 36.6 Å². The van der Waals surface area contributed by atoms with Gasteiger partial charge >= 0.3 is 5.97 Å². The molecule has 45 heavy (non-hydrogen) atoms. The molecule has 0 aliphatic carbocycles. The van der Waals surface area contributed by atoms with Crippen molar-refractivity contribution in [1.29, 1.82) is 0 Å². The summed E-state index contributed by atoms with van der Waals surface area (Å²) in [6.45, 7) is 8.00. The van der Waals surface area contributed by atoms with Crippen molar-refractivity contribution in [2.24, 2.45) is 5.92 Å². The summed E-state index contributed by atoms with van der Waals surface area (Å²) in [5, 5.41) is 15.0. The van der Waals surface area contributed by atoms with Gasteiger partial charge in [-0.2, -0.15) is 0 Å². The zero-order chi connectivity index (χ0) is 33.4. The molecule has 4 N–H and O–H groups in total. The number of benzene rings is 2. The van der Waals surface area contributed by atoms with E-state index in [1.807, 2.05) is 62.4 Å². The monoisotopic (exact) mass is 640 g/mol. The van der Waals surface area contributed by atoms with Gasteiger partial charge in [-0.3, -0.25) is 14.4 Å². The van der Waals surface area contributed by atoms with Crippen molar-refractivity contribution in [2.75, 3.05) is 24.2 Å². The molecule has 2 heterocycles. The Balaban J connectivity index is 0.000000375. The van der Waals surface area contributed by atoms with E-state index in [0.717, 1.165) is 49.9 Å². The second-order valence-electron chi connectivity index (χ2n) is 11.3. The molecule has 0 radical (unpaired) electrons. The predicted molar refractivity (Wildman–Crippen MR) is 178 cm³/mol. The number of nitrogens with zero attached hydrogens (tertiary/aromatic N) is 1. The van der Waals surface area contributed by atoms with E-state index >= 15 is 0 Å². The summed E-state index contributed by atoms with van der Waals surface area (Å²) in [5.74, 6) is -0.669. The first-order valence-corrected chi connectivity index (χ1v) is 17.2. The third kappa shape index (κ3) is 12.0. The second kappa shape index (κ2) is 18.9. The van der Waals surface area contributed by atoms with Crippen molar-refractivity contribution in [2.45, 2.75) is 84.3 Å². The van der Waals surface area contributed by atoms with Crippen LogP contribution in [0.25, 0.3) is 0 Å². The molecule has 1 saturated heterocycles. The Bertz CT molecular complexity index is 1370. The van der Waals surface area contributed by atoms with Crippen molar-refractivity contribution in [3.63, 3.8) is 0 Å². The molecule has 11 heteroatoms. The summed E-state index contributed by atoms with van der Waals surface area (Å²) < 4.78 is 24.7. The number of aryl methyl sites for hydroxylation is 1. The molecule has 2 amide bonds. The molecule has 2 aliphatic heterocycles. The van der Waals surface area contributed by atoms with Gasteiger partial charge in [-0.15, -0.1) is 12.8 Å². The van der Waals surface area contributed by atoms with Crippen LogP contribution in [0.15, 0.2) is 48.5 Å². The van der Waals surface area contributed by atoms with Crippen LogP contribution in [0.4, 0.5) is 5.69 Å². The number of nitrogens with one attached hydrogen (secondary N) is 3. The largest absolute Gasteiger partial charge is 0.480 e.